The minimum atomic E-state index is -0.0973. The van der Waals surface area contributed by atoms with Gasteiger partial charge in [0.15, 0.2) is 5.78 Å². The summed E-state index contributed by atoms with van der Waals surface area (Å²) in [6.45, 7) is 12.2. The van der Waals surface area contributed by atoms with Crippen LogP contribution in [0, 0.1) is 12.8 Å². The molecule has 0 atom stereocenters. The Morgan fingerprint density at radius 1 is 1.08 bits per heavy atom. The Labute approximate surface area is 158 Å². The number of urea groups is 1. The highest BCUT2D eigenvalue weighted by atomic mass is 16.2. The van der Waals surface area contributed by atoms with Crippen LogP contribution in [-0.4, -0.2) is 49.4 Å². The number of carbonyl (C=O) groups is 2. The largest absolute Gasteiger partial charge is 0.338 e. The molecule has 0 aromatic heterocycles. The van der Waals surface area contributed by atoms with Crippen molar-refractivity contribution in [2.75, 3.05) is 32.7 Å². The maximum atomic E-state index is 12.5. The van der Waals surface area contributed by atoms with Gasteiger partial charge in [-0.1, -0.05) is 43.7 Å². The van der Waals surface area contributed by atoms with Gasteiger partial charge in [-0.3, -0.25) is 4.79 Å². The van der Waals surface area contributed by atoms with Gasteiger partial charge in [0.25, 0.3) is 0 Å². The van der Waals surface area contributed by atoms with Gasteiger partial charge in [0.05, 0.1) is 0 Å². The molecule has 1 aliphatic heterocycles. The van der Waals surface area contributed by atoms with Gasteiger partial charge in [0, 0.05) is 24.6 Å². The number of amides is 2. The van der Waals surface area contributed by atoms with E-state index in [0.29, 0.717) is 13.1 Å². The van der Waals surface area contributed by atoms with Crippen LogP contribution in [-0.2, 0) is 0 Å². The van der Waals surface area contributed by atoms with E-state index in [1.807, 2.05) is 52.0 Å². The number of hydrogen-bond donors (Lipinski definition) is 2. The molecular formula is C21H35N3O2. The second kappa shape index (κ2) is 12.5. The molecule has 0 saturated carbocycles. The number of nitrogens with zero attached hydrogens (tertiary/aromatic N) is 1. The summed E-state index contributed by atoms with van der Waals surface area (Å²) >= 11 is 0. The Kier molecular flexibility index (Phi) is 10.6. The Bertz CT molecular complexity index is 535. The molecule has 5 heteroatoms. The van der Waals surface area contributed by atoms with Gasteiger partial charge >= 0.3 is 6.03 Å². The third kappa shape index (κ3) is 7.56. The zero-order valence-electron chi connectivity index (χ0n) is 16.8. The molecule has 26 heavy (non-hydrogen) atoms. The minimum absolute atomic E-state index is 0.0973. The van der Waals surface area contributed by atoms with Crippen LogP contribution >= 0.6 is 0 Å². The lowest BCUT2D eigenvalue weighted by Gasteiger charge is -2.31. The standard InChI is InChI=1S/C19H29N3O2.C2H6/c1-3-20-19(24)21-11-4-12-22-13-9-17(10-14-22)18(23)16-7-5-15(2)6-8-16;1-2/h5-8,17H,3-4,9-14H2,1-2H3,(H2,20,21,24);1-2H3. The first-order valence-corrected chi connectivity index (χ1v) is 9.95. The smallest absolute Gasteiger partial charge is 0.314 e. The number of hydrogen-bond acceptors (Lipinski definition) is 3. The summed E-state index contributed by atoms with van der Waals surface area (Å²) in [5.74, 6) is 0.435. The average Bonchev–Trinajstić information content (AvgIpc) is 2.68. The van der Waals surface area contributed by atoms with Crippen LogP contribution in [0.3, 0.4) is 0 Å². The molecular weight excluding hydrogens is 326 g/mol. The summed E-state index contributed by atoms with van der Waals surface area (Å²) in [6.07, 6.45) is 2.79. The van der Waals surface area contributed by atoms with Gasteiger partial charge in [0.1, 0.15) is 0 Å². The third-order valence-corrected chi connectivity index (χ3v) is 4.57. The molecule has 2 rings (SSSR count). The van der Waals surface area contributed by atoms with Crippen molar-refractivity contribution in [3.8, 4) is 0 Å². The van der Waals surface area contributed by atoms with Gasteiger partial charge in [-0.25, -0.2) is 4.79 Å². The van der Waals surface area contributed by atoms with Crippen molar-refractivity contribution in [2.45, 2.75) is 47.0 Å². The fourth-order valence-corrected chi connectivity index (χ4v) is 3.10. The van der Waals surface area contributed by atoms with Crippen LogP contribution in [0.4, 0.5) is 4.79 Å². The monoisotopic (exact) mass is 361 g/mol. The molecule has 0 aliphatic carbocycles. The van der Waals surface area contributed by atoms with E-state index < -0.39 is 0 Å². The number of nitrogens with one attached hydrogen (secondary N) is 2. The van der Waals surface area contributed by atoms with E-state index in [1.165, 1.54) is 5.56 Å². The Hall–Kier alpha value is -1.88. The normalized spacial score (nSPS) is 14.9. The molecule has 1 aromatic rings. The average molecular weight is 362 g/mol. The molecule has 2 N–H and O–H groups in total. The lowest BCUT2D eigenvalue weighted by atomic mass is 9.88. The first-order chi connectivity index (χ1) is 12.6. The minimum Gasteiger partial charge on any atom is -0.338 e. The second-order valence-corrected chi connectivity index (χ2v) is 6.49. The van der Waals surface area contributed by atoms with E-state index in [0.717, 1.165) is 44.5 Å². The molecule has 2 amide bonds. The number of Topliss-reactive ketones (excluding diaryl/α,β-unsaturated/α-hetero) is 1. The van der Waals surface area contributed by atoms with Crippen LogP contribution in [0.25, 0.3) is 0 Å². The second-order valence-electron chi connectivity index (χ2n) is 6.49. The highest BCUT2D eigenvalue weighted by Crippen LogP contribution is 2.22. The predicted octanol–water partition coefficient (Wildman–Crippen LogP) is 3.63. The van der Waals surface area contributed by atoms with Crippen molar-refractivity contribution in [2.24, 2.45) is 5.92 Å². The van der Waals surface area contributed by atoms with E-state index in [2.05, 4.69) is 15.5 Å². The van der Waals surface area contributed by atoms with Gasteiger partial charge in [-0.2, -0.15) is 0 Å². The van der Waals surface area contributed by atoms with Gasteiger partial charge < -0.3 is 15.5 Å². The zero-order valence-corrected chi connectivity index (χ0v) is 16.8. The van der Waals surface area contributed by atoms with E-state index >= 15 is 0 Å². The Morgan fingerprint density at radius 2 is 1.69 bits per heavy atom. The molecule has 0 spiro atoms. The van der Waals surface area contributed by atoms with Crippen LogP contribution in [0.15, 0.2) is 24.3 Å². The molecule has 1 aliphatic rings. The molecule has 1 fully saturated rings. The molecule has 5 nitrogen and oxygen atoms in total. The molecule has 146 valence electrons. The SMILES string of the molecule is CC.CCNC(=O)NCCCN1CCC(C(=O)c2ccc(C)cc2)CC1. The lowest BCUT2D eigenvalue weighted by molar-refractivity contribution is 0.0839. The molecule has 1 heterocycles. The molecule has 0 bridgehead atoms. The van der Waals surface area contributed by atoms with Crippen LogP contribution in [0.5, 0.6) is 0 Å². The first kappa shape index (κ1) is 22.2. The molecule has 0 radical (unpaired) electrons. The third-order valence-electron chi connectivity index (χ3n) is 4.57. The Balaban J connectivity index is 0.00000163. The van der Waals surface area contributed by atoms with Gasteiger partial charge in [-0.05, 0) is 52.7 Å². The molecule has 0 unspecified atom stereocenters. The topological polar surface area (TPSA) is 61.4 Å². The summed E-state index contributed by atoms with van der Waals surface area (Å²) in [4.78, 5) is 26.2. The van der Waals surface area contributed by atoms with E-state index in [1.54, 1.807) is 0 Å². The first-order valence-electron chi connectivity index (χ1n) is 9.95. The lowest BCUT2D eigenvalue weighted by Crippen LogP contribution is -2.39. The number of likely N-dealkylation sites (tertiary alicyclic amines) is 1. The quantitative estimate of drug-likeness (QED) is 0.576. The number of rotatable bonds is 7. The summed E-state index contributed by atoms with van der Waals surface area (Å²) in [6, 6.07) is 7.79. The highest BCUT2D eigenvalue weighted by Gasteiger charge is 2.25. The van der Waals surface area contributed by atoms with Gasteiger partial charge in [0.2, 0.25) is 0 Å². The van der Waals surface area contributed by atoms with E-state index in [4.69, 9.17) is 0 Å². The summed E-state index contributed by atoms with van der Waals surface area (Å²) in [5.41, 5.74) is 2.02. The van der Waals surface area contributed by atoms with E-state index in [9.17, 15) is 9.59 Å². The van der Waals surface area contributed by atoms with Crippen molar-refractivity contribution in [3.63, 3.8) is 0 Å². The van der Waals surface area contributed by atoms with E-state index in [-0.39, 0.29) is 17.7 Å². The van der Waals surface area contributed by atoms with Gasteiger partial charge in [-0.15, -0.1) is 0 Å². The van der Waals surface area contributed by atoms with Crippen molar-refractivity contribution >= 4 is 11.8 Å². The van der Waals surface area contributed by atoms with Crippen molar-refractivity contribution in [1.82, 2.24) is 15.5 Å². The van der Waals surface area contributed by atoms with Crippen molar-refractivity contribution in [1.29, 1.82) is 0 Å². The number of aryl methyl sites for hydroxylation is 1. The Morgan fingerprint density at radius 3 is 2.27 bits per heavy atom. The number of piperidine rings is 1. The highest BCUT2D eigenvalue weighted by molar-refractivity contribution is 5.97. The summed E-state index contributed by atoms with van der Waals surface area (Å²) in [5, 5.41) is 5.57. The summed E-state index contributed by atoms with van der Waals surface area (Å²) < 4.78 is 0. The maximum Gasteiger partial charge on any atom is 0.314 e. The predicted molar refractivity (Wildman–Crippen MR) is 108 cm³/mol. The van der Waals surface area contributed by atoms with Crippen molar-refractivity contribution in [3.05, 3.63) is 35.4 Å². The number of ketones is 1. The fraction of sp³-hybridized carbons (Fsp3) is 0.619. The van der Waals surface area contributed by atoms with Crippen LogP contribution < -0.4 is 10.6 Å². The summed E-state index contributed by atoms with van der Waals surface area (Å²) in [7, 11) is 0. The van der Waals surface area contributed by atoms with Crippen molar-refractivity contribution < 1.29 is 9.59 Å². The number of carbonyl (C=O) groups excluding carboxylic acids is 2. The maximum absolute atomic E-state index is 12.5. The zero-order chi connectivity index (χ0) is 19.4. The van der Waals surface area contributed by atoms with Crippen LogP contribution in [0.2, 0.25) is 0 Å². The van der Waals surface area contributed by atoms with Crippen LogP contribution in [0.1, 0.15) is 56.0 Å². The fourth-order valence-electron chi connectivity index (χ4n) is 3.10. The molecule has 1 saturated heterocycles. The molecule has 1 aromatic carbocycles. The number of benzene rings is 1.